The van der Waals surface area contributed by atoms with Crippen molar-refractivity contribution in [1.82, 2.24) is 29.4 Å². The summed E-state index contributed by atoms with van der Waals surface area (Å²) in [5, 5.41) is 11.5. The quantitative estimate of drug-likeness (QED) is 0.774. The highest BCUT2D eigenvalue weighted by Crippen LogP contribution is 2.24. The Morgan fingerprint density at radius 1 is 1.19 bits per heavy atom. The number of amides is 2. The molecular weight excluding hydrogens is 342 g/mol. The van der Waals surface area contributed by atoms with Crippen LogP contribution < -0.4 is 5.32 Å². The average Bonchev–Trinajstić information content (AvgIpc) is 3.35. The van der Waals surface area contributed by atoms with Crippen molar-refractivity contribution in [1.29, 1.82) is 0 Å². The van der Waals surface area contributed by atoms with Crippen molar-refractivity contribution in [3.63, 3.8) is 0 Å². The molecule has 0 aliphatic carbocycles. The minimum atomic E-state index is -0.123. The second-order valence-corrected chi connectivity index (χ2v) is 7.05. The molecule has 8 nitrogen and oxygen atoms in total. The van der Waals surface area contributed by atoms with E-state index < -0.39 is 0 Å². The van der Waals surface area contributed by atoms with E-state index >= 15 is 0 Å². The van der Waals surface area contributed by atoms with Crippen LogP contribution in [0.3, 0.4) is 0 Å². The Morgan fingerprint density at radius 3 is 2.70 bits per heavy atom. The molecule has 4 heterocycles. The van der Waals surface area contributed by atoms with Gasteiger partial charge < -0.3 is 4.90 Å². The van der Waals surface area contributed by atoms with Gasteiger partial charge >= 0.3 is 6.03 Å². The smallest absolute Gasteiger partial charge is 0.322 e. The number of nitrogens with one attached hydrogen (secondary N) is 1. The molecule has 1 N–H and O–H groups in total. The maximum Gasteiger partial charge on any atom is 0.323 e. The van der Waals surface area contributed by atoms with Crippen LogP contribution in [0.2, 0.25) is 0 Å². The van der Waals surface area contributed by atoms with E-state index in [9.17, 15) is 4.79 Å². The van der Waals surface area contributed by atoms with Crippen molar-refractivity contribution in [2.45, 2.75) is 26.3 Å². The topological polar surface area (TPSA) is 80.9 Å². The first kappa shape index (κ1) is 17.3. The van der Waals surface area contributed by atoms with E-state index in [1.807, 2.05) is 67.4 Å². The predicted molar refractivity (Wildman–Crippen MR) is 102 cm³/mol. The third-order valence-electron chi connectivity index (χ3n) is 4.89. The largest absolute Gasteiger partial charge is 0.323 e. The summed E-state index contributed by atoms with van der Waals surface area (Å²) in [5.41, 5.74) is 4.01. The molecule has 4 rings (SSSR count). The molecule has 27 heavy (non-hydrogen) atoms. The second-order valence-electron chi connectivity index (χ2n) is 7.05. The van der Waals surface area contributed by atoms with Crippen LogP contribution in [0, 0.1) is 13.8 Å². The molecule has 2 amide bonds. The summed E-state index contributed by atoms with van der Waals surface area (Å²) in [4.78, 5) is 18.9. The average molecular weight is 365 g/mol. The first-order chi connectivity index (χ1) is 13.0. The fourth-order valence-electron chi connectivity index (χ4n) is 3.46. The van der Waals surface area contributed by atoms with Gasteiger partial charge in [0.05, 0.1) is 18.4 Å². The summed E-state index contributed by atoms with van der Waals surface area (Å²) in [6.45, 7) is 5.32. The van der Waals surface area contributed by atoms with Gasteiger partial charge in [-0.25, -0.2) is 9.78 Å². The fourth-order valence-corrected chi connectivity index (χ4v) is 3.46. The molecule has 1 saturated heterocycles. The summed E-state index contributed by atoms with van der Waals surface area (Å²) >= 11 is 0. The minimum absolute atomic E-state index is 0.123. The van der Waals surface area contributed by atoms with Crippen molar-refractivity contribution in [2.75, 3.05) is 18.4 Å². The molecule has 0 unspecified atom stereocenters. The lowest BCUT2D eigenvalue weighted by Crippen LogP contribution is -2.33. The number of hydrogen-bond acceptors (Lipinski definition) is 4. The summed E-state index contributed by atoms with van der Waals surface area (Å²) in [6, 6.07) is 3.90. The Balaban J connectivity index is 1.42. The molecule has 8 heteroatoms. The summed E-state index contributed by atoms with van der Waals surface area (Å²) < 4.78 is 3.71. The SMILES string of the molecule is Cc1cnn([C@H]2CCN(C(=O)Nc3ccc(-c4cnn(C)c4)c(C)n3)C2)c1. The summed E-state index contributed by atoms with van der Waals surface area (Å²) in [6.07, 6.45) is 8.53. The normalized spacial score (nSPS) is 16.7. The molecule has 1 atom stereocenters. The number of carbonyl (C=O) groups excluding carboxylic acids is 1. The lowest BCUT2D eigenvalue weighted by Gasteiger charge is -2.17. The van der Waals surface area contributed by atoms with E-state index in [2.05, 4.69) is 20.5 Å². The molecule has 1 aliphatic rings. The molecule has 0 aromatic carbocycles. The summed E-state index contributed by atoms with van der Waals surface area (Å²) in [7, 11) is 1.88. The highest BCUT2D eigenvalue weighted by Gasteiger charge is 2.28. The lowest BCUT2D eigenvalue weighted by molar-refractivity contribution is 0.220. The molecule has 1 fully saturated rings. The molecule has 140 valence electrons. The van der Waals surface area contributed by atoms with Gasteiger partial charge in [-0.15, -0.1) is 0 Å². The molecule has 0 radical (unpaired) electrons. The van der Waals surface area contributed by atoms with Crippen LogP contribution in [0.15, 0.2) is 36.9 Å². The van der Waals surface area contributed by atoms with Gasteiger partial charge in [0.1, 0.15) is 5.82 Å². The van der Waals surface area contributed by atoms with E-state index in [0.717, 1.165) is 28.8 Å². The van der Waals surface area contributed by atoms with Crippen LogP contribution in [-0.4, -0.2) is 48.6 Å². The number of nitrogens with zero attached hydrogens (tertiary/aromatic N) is 6. The number of hydrogen-bond donors (Lipinski definition) is 1. The highest BCUT2D eigenvalue weighted by atomic mass is 16.2. The molecule has 3 aromatic heterocycles. The van der Waals surface area contributed by atoms with Crippen molar-refractivity contribution in [2.24, 2.45) is 7.05 Å². The van der Waals surface area contributed by atoms with Gasteiger partial charge in [-0.05, 0) is 38.0 Å². The van der Waals surface area contributed by atoms with Gasteiger partial charge in [0.2, 0.25) is 0 Å². The van der Waals surface area contributed by atoms with E-state index in [1.165, 1.54) is 0 Å². The van der Waals surface area contributed by atoms with Gasteiger partial charge in [-0.1, -0.05) is 0 Å². The first-order valence-electron chi connectivity index (χ1n) is 9.03. The molecule has 3 aromatic rings. The molecule has 0 saturated carbocycles. The lowest BCUT2D eigenvalue weighted by atomic mass is 10.1. The Kier molecular flexibility index (Phi) is 4.39. The van der Waals surface area contributed by atoms with E-state index in [4.69, 9.17) is 0 Å². The van der Waals surface area contributed by atoms with Gasteiger partial charge in [0.25, 0.3) is 0 Å². The third kappa shape index (κ3) is 3.55. The van der Waals surface area contributed by atoms with Crippen LogP contribution in [0.5, 0.6) is 0 Å². The second kappa shape index (κ2) is 6.86. The van der Waals surface area contributed by atoms with Crippen molar-refractivity contribution in [3.05, 3.63) is 48.2 Å². The zero-order chi connectivity index (χ0) is 19.0. The molecule has 0 spiro atoms. The van der Waals surface area contributed by atoms with Gasteiger partial charge in [0.15, 0.2) is 0 Å². The van der Waals surface area contributed by atoms with Crippen LogP contribution in [0.25, 0.3) is 11.1 Å². The van der Waals surface area contributed by atoms with Crippen LogP contribution in [-0.2, 0) is 7.05 Å². The fraction of sp³-hybridized carbons (Fsp3) is 0.368. The Morgan fingerprint density at radius 2 is 2.04 bits per heavy atom. The van der Waals surface area contributed by atoms with E-state index in [0.29, 0.717) is 18.9 Å². The summed E-state index contributed by atoms with van der Waals surface area (Å²) in [5.74, 6) is 0.559. The zero-order valence-corrected chi connectivity index (χ0v) is 15.8. The van der Waals surface area contributed by atoms with Gasteiger partial charge in [-0.3, -0.25) is 14.7 Å². The molecule has 1 aliphatic heterocycles. The first-order valence-corrected chi connectivity index (χ1v) is 9.03. The zero-order valence-electron chi connectivity index (χ0n) is 15.8. The van der Waals surface area contributed by atoms with Crippen LogP contribution in [0.4, 0.5) is 10.6 Å². The number of pyridine rings is 1. The number of rotatable bonds is 3. The van der Waals surface area contributed by atoms with Gasteiger partial charge in [-0.2, -0.15) is 10.2 Å². The Hall–Kier alpha value is -3.16. The number of likely N-dealkylation sites (tertiary alicyclic amines) is 1. The maximum absolute atomic E-state index is 12.6. The third-order valence-corrected chi connectivity index (χ3v) is 4.89. The monoisotopic (exact) mass is 365 g/mol. The maximum atomic E-state index is 12.6. The van der Waals surface area contributed by atoms with Crippen molar-refractivity contribution >= 4 is 11.8 Å². The molecule has 0 bridgehead atoms. The van der Waals surface area contributed by atoms with E-state index in [-0.39, 0.29) is 12.1 Å². The Labute approximate surface area is 157 Å². The standard InChI is InChI=1S/C19H23N7O/c1-13-8-21-26(10-13)16-6-7-25(12-16)19(27)23-18-5-4-17(14(2)22-18)15-9-20-24(3)11-15/h4-5,8-11,16H,6-7,12H2,1-3H3,(H,22,23,27)/t16-/m0/s1. The number of anilines is 1. The highest BCUT2D eigenvalue weighted by molar-refractivity contribution is 5.88. The number of carbonyl (C=O) groups is 1. The van der Waals surface area contributed by atoms with Crippen molar-refractivity contribution < 1.29 is 4.79 Å². The van der Waals surface area contributed by atoms with Crippen LogP contribution in [0.1, 0.15) is 23.7 Å². The van der Waals surface area contributed by atoms with Crippen molar-refractivity contribution in [3.8, 4) is 11.1 Å². The predicted octanol–water partition coefficient (Wildman–Crippen LogP) is 2.77. The van der Waals surface area contributed by atoms with Gasteiger partial charge in [0, 0.05) is 49.4 Å². The Bertz CT molecular complexity index is 974. The number of aromatic nitrogens is 5. The minimum Gasteiger partial charge on any atom is -0.322 e. The van der Waals surface area contributed by atoms with Crippen LogP contribution >= 0.6 is 0 Å². The molecular formula is C19H23N7O. The number of urea groups is 1. The number of aryl methyl sites for hydroxylation is 3. The van der Waals surface area contributed by atoms with E-state index in [1.54, 1.807) is 4.68 Å².